The molecule has 0 N–H and O–H groups in total. The summed E-state index contributed by atoms with van der Waals surface area (Å²) in [5.41, 5.74) is 2.81. The maximum atomic E-state index is 13.3. The van der Waals surface area contributed by atoms with Gasteiger partial charge in [0.2, 0.25) is 0 Å². The van der Waals surface area contributed by atoms with Gasteiger partial charge in [0.15, 0.2) is 0 Å². The van der Waals surface area contributed by atoms with Crippen molar-refractivity contribution in [3.05, 3.63) is 78.4 Å². The number of hydrogen-bond acceptors (Lipinski definition) is 3. The molecule has 2 heterocycles. The summed E-state index contributed by atoms with van der Waals surface area (Å²) in [6, 6.07) is 18.1. The smallest absolute Gasteiger partial charge is 0.256 e. The Bertz CT molecular complexity index is 903. The lowest BCUT2D eigenvalue weighted by molar-refractivity contribution is 0.0778. The third-order valence-electron chi connectivity index (χ3n) is 5.27. The van der Waals surface area contributed by atoms with E-state index in [4.69, 9.17) is 0 Å². The monoisotopic (exact) mass is 346 g/mol. The van der Waals surface area contributed by atoms with Crippen LogP contribution in [0.1, 0.15) is 35.7 Å². The van der Waals surface area contributed by atoms with E-state index in [-0.39, 0.29) is 11.3 Å². The fraction of sp³-hybridized carbons (Fsp3) is 0.286. The van der Waals surface area contributed by atoms with Crippen LogP contribution in [0.15, 0.2) is 67.3 Å². The minimum atomic E-state index is 0.0303. The Morgan fingerprint density at radius 3 is 2.38 bits per heavy atom. The third kappa shape index (κ3) is 2.90. The lowest BCUT2D eigenvalue weighted by Gasteiger charge is -2.25. The molecule has 1 aliphatic heterocycles. The Morgan fingerprint density at radius 1 is 1.00 bits per heavy atom. The molecule has 1 aliphatic rings. The molecule has 132 valence electrons. The molecule has 1 atom stereocenters. The van der Waals surface area contributed by atoms with Crippen LogP contribution >= 0.6 is 0 Å². The molecule has 1 unspecified atom stereocenters. The molecule has 26 heavy (non-hydrogen) atoms. The minimum absolute atomic E-state index is 0.0303. The first-order chi connectivity index (χ1) is 12.6. The summed E-state index contributed by atoms with van der Waals surface area (Å²) in [5.74, 6) is 0.385. The molecule has 5 heteroatoms. The number of carbonyl (C=O) groups excluding carboxylic acids is 1. The topological polar surface area (TPSA) is 51.0 Å². The maximum Gasteiger partial charge on any atom is 0.256 e. The molecule has 0 spiro atoms. The molecule has 0 aliphatic carbocycles. The fourth-order valence-electron chi connectivity index (χ4n) is 3.91. The highest BCUT2D eigenvalue weighted by atomic mass is 16.2. The predicted octanol–water partition coefficient (Wildman–Crippen LogP) is 3.53. The minimum Gasteiger partial charge on any atom is -0.337 e. The lowest BCUT2D eigenvalue weighted by Crippen LogP contribution is -2.31. The van der Waals surface area contributed by atoms with Gasteiger partial charge in [0, 0.05) is 19.0 Å². The molecule has 4 rings (SSSR count). The zero-order chi connectivity index (χ0) is 18.1. The molecule has 5 nitrogen and oxygen atoms in total. The molecule has 1 amide bonds. The number of aromatic nitrogens is 3. The Kier molecular flexibility index (Phi) is 4.07. The number of nitrogens with zero attached hydrogens (tertiary/aromatic N) is 4. The SMILES string of the molecule is CC1(C)CN(C(=O)c2ccccc2-n2cnnc2)CC1c1ccccc1. The summed E-state index contributed by atoms with van der Waals surface area (Å²) in [4.78, 5) is 15.3. The number of hydrogen-bond donors (Lipinski definition) is 0. The zero-order valence-corrected chi connectivity index (χ0v) is 15.0. The van der Waals surface area contributed by atoms with Crippen LogP contribution in [0.2, 0.25) is 0 Å². The second kappa shape index (κ2) is 6.41. The van der Waals surface area contributed by atoms with E-state index in [1.807, 2.05) is 35.2 Å². The Balaban J connectivity index is 1.65. The van der Waals surface area contributed by atoms with E-state index in [1.54, 1.807) is 17.2 Å². The maximum absolute atomic E-state index is 13.3. The molecule has 0 radical (unpaired) electrons. The van der Waals surface area contributed by atoms with Gasteiger partial charge in [-0.3, -0.25) is 9.36 Å². The molecule has 0 bridgehead atoms. The summed E-state index contributed by atoms with van der Waals surface area (Å²) < 4.78 is 1.78. The number of amides is 1. The van der Waals surface area contributed by atoms with Crippen LogP contribution in [0.4, 0.5) is 0 Å². The first-order valence-electron chi connectivity index (χ1n) is 8.84. The van der Waals surface area contributed by atoms with E-state index >= 15 is 0 Å². The van der Waals surface area contributed by atoms with Gasteiger partial charge in [-0.25, -0.2) is 0 Å². The van der Waals surface area contributed by atoms with Crippen molar-refractivity contribution in [3.8, 4) is 5.69 Å². The third-order valence-corrected chi connectivity index (χ3v) is 5.27. The Hall–Kier alpha value is -2.95. The van der Waals surface area contributed by atoms with Gasteiger partial charge < -0.3 is 4.90 Å². The van der Waals surface area contributed by atoms with Gasteiger partial charge >= 0.3 is 0 Å². The van der Waals surface area contributed by atoms with Gasteiger partial charge in [0.05, 0.1) is 11.3 Å². The zero-order valence-electron chi connectivity index (χ0n) is 15.0. The number of likely N-dealkylation sites (tertiary alicyclic amines) is 1. The van der Waals surface area contributed by atoms with Gasteiger partial charge in [0.1, 0.15) is 12.7 Å². The van der Waals surface area contributed by atoms with Crippen molar-refractivity contribution in [2.75, 3.05) is 13.1 Å². The van der Waals surface area contributed by atoms with Crippen molar-refractivity contribution in [3.63, 3.8) is 0 Å². The average molecular weight is 346 g/mol. The molecule has 3 aromatic rings. The predicted molar refractivity (Wildman–Crippen MR) is 100 cm³/mol. The number of para-hydroxylation sites is 1. The molecular formula is C21H22N4O. The normalized spacial score (nSPS) is 18.8. The highest BCUT2D eigenvalue weighted by Gasteiger charge is 2.42. The van der Waals surface area contributed by atoms with Gasteiger partial charge in [-0.1, -0.05) is 56.3 Å². The van der Waals surface area contributed by atoms with Crippen LogP contribution in [0, 0.1) is 5.41 Å². The highest BCUT2D eigenvalue weighted by molar-refractivity contribution is 5.98. The Morgan fingerprint density at radius 2 is 1.65 bits per heavy atom. The van der Waals surface area contributed by atoms with Crippen LogP contribution in [-0.4, -0.2) is 38.7 Å². The van der Waals surface area contributed by atoms with Crippen LogP contribution < -0.4 is 0 Å². The van der Waals surface area contributed by atoms with Crippen LogP contribution in [0.5, 0.6) is 0 Å². The van der Waals surface area contributed by atoms with E-state index in [1.165, 1.54) is 5.56 Å². The second-order valence-electron chi connectivity index (χ2n) is 7.52. The van der Waals surface area contributed by atoms with E-state index in [0.717, 1.165) is 18.8 Å². The second-order valence-corrected chi connectivity index (χ2v) is 7.52. The number of carbonyl (C=O) groups is 1. The van der Waals surface area contributed by atoms with Crippen molar-refractivity contribution in [1.82, 2.24) is 19.7 Å². The largest absolute Gasteiger partial charge is 0.337 e. The van der Waals surface area contributed by atoms with E-state index in [2.05, 4.69) is 48.3 Å². The summed E-state index contributed by atoms with van der Waals surface area (Å²) in [6.07, 6.45) is 3.24. The summed E-state index contributed by atoms with van der Waals surface area (Å²) in [7, 11) is 0. The van der Waals surface area contributed by atoms with Crippen molar-refractivity contribution in [2.45, 2.75) is 19.8 Å². The molecular weight excluding hydrogens is 324 g/mol. The van der Waals surface area contributed by atoms with Gasteiger partial charge in [-0.05, 0) is 23.1 Å². The summed E-state index contributed by atoms with van der Waals surface area (Å²) >= 11 is 0. The van der Waals surface area contributed by atoms with Crippen molar-refractivity contribution in [2.24, 2.45) is 5.41 Å². The van der Waals surface area contributed by atoms with E-state index in [9.17, 15) is 4.79 Å². The number of rotatable bonds is 3. The molecule has 1 fully saturated rings. The van der Waals surface area contributed by atoms with E-state index in [0.29, 0.717) is 11.5 Å². The average Bonchev–Trinajstić information content (AvgIpc) is 3.29. The summed E-state index contributed by atoms with van der Waals surface area (Å²) in [6.45, 7) is 5.95. The first-order valence-corrected chi connectivity index (χ1v) is 8.84. The van der Waals surface area contributed by atoms with Gasteiger partial charge in [-0.15, -0.1) is 10.2 Å². The van der Waals surface area contributed by atoms with Crippen molar-refractivity contribution >= 4 is 5.91 Å². The van der Waals surface area contributed by atoms with Gasteiger partial charge in [0.25, 0.3) is 5.91 Å². The van der Waals surface area contributed by atoms with Crippen molar-refractivity contribution < 1.29 is 4.79 Å². The molecule has 0 saturated carbocycles. The molecule has 1 saturated heterocycles. The van der Waals surface area contributed by atoms with E-state index < -0.39 is 0 Å². The molecule has 1 aromatic heterocycles. The Labute approximate surface area is 153 Å². The fourth-order valence-corrected chi connectivity index (χ4v) is 3.91. The summed E-state index contributed by atoms with van der Waals surface area (Å²) in [5, 5.41) is 7.72. The standard InChI is InChI=1S/C21H22N4O/c1-21(2)13-24(12-18(21)16-8-4-3-5-9-16)20(26)17-10-6-7-11-19(17)25-14-22-23-15-25/h3-11,14-15,18H,12-13H2,1-2H3. The molecule has 2 aromatic carbocycles. The lowest BCUT2D eigenvalue weighted by atomic mass is 9.78. The number of benzene rings is 2. The van der Waals surface area contributed by atoms with Gasteiger partial charge in [-0.2, -0.15) is 0 Å². The quantitative estimate of drug-likeness (QED) is 0.729. The van der Waals surface area contributed by atoms with Crippen LogP contribution in [0.3, 0.4) is 0 Å². The van der Waals surface area contributed by atoms with Crippen LogP contribution in [-0.2, 0) is 0 Å². The highest BCUT2D eigenvalue weighted by Crippen LogP contribution is 2.42. The van der Waals surface area contributed by atoms with Crippen molar-refractivity contribution in [1.29, 1.82) is 0 Å². The first kappa shape index (κ1) is 16.5. The van der Waals surface area contributed by atoms with Crippen LogP contribution in [0.25, 0.3) is 5.69 Å².